The highest BCUT2D eigenvalue weighted by Crippen LogP contribution is 2.31. The van der Waals surface area contributed by atoms with Gasteiger partial charge in [-0.15, -0.1) is 0 Å². The normalized spacial score (nSPS) is 12.2. The number of sulfonamides is 1. The van der Waals surface area contributed by atoms with E-state index < -0.39 is 22.2 Å². The van der Waals surface area contributed by atoms with Gasteiger partial charge in [0.15, 0.2) is 5.03 Å². The van der Waals surface area contributed by atoms with Crippen molar-refractivity contribution in [1.82, 2.24) is 4.98 Å². The van der Waals surface area contributed by atoms with Crippen LogP contribution in [0.2, 0.25) is 0 Å². The summed E-state index contributed by atoms with van der Waals surface area (Å²) < 4.78 is 48.2. The standard InChI is InChI=1S/C24H25FN2O5S/c1-15-11-21(27-33(30,31)23-20(13-17(3)25)5-4-10-26-23)22(12-16(15)2)32-14-18-6-8-19(9-7-18)24(28)29/h4-12,17,27H,13-14H2,1-3H3,(H,28,29)/t17-/m1/s1. The topological polar surface area (TPSA) is 106 Å². The lowest BCUT2D eigenvalue weighted by molar-refractivity contribution is 0.0696. The zero-order valence-corrected chi connectivity index (χ0v) is 19.3. The molecule has 0 saturated carbocycles. The summed E-state index contributed by atoms with van der Waals surface area (Å²) in [5, 5.41) is 8.79. The zero-order chi connectivity index (χ0) is 24.2. The number of aromatic nitrogens is 1. The predicted molar refractivity (Wildman–Crippen MR) is 123 cm³/mol. The number of nitrogens with one attached hydrogen (secondary N) is 1. The first-order chi connectivity index (χ1) is 15.6. The Kier molecular flexibility index (Phi) is 7.33. The van der Waals surface area contributed by atoms with Crippen LogP contribution in [0, 0.1) is 13.8 Å². The molecule has 33 heavy (non-hydrogen) atoms. The first kappa shape index (κ1) is 24.2. The summed E-state index contributed by atoms with van der Waals surface area (Å²) in [6, 6.07) is 12.7. The van der Waals surface area contributed by atoms with Crippen molar-refractivity contribution < 1.29 is 27.4 Å². The Bertz CT molecular complexity index is 1260. The molecule has 2 N–H and O–H groups in total. The van der Waals surface area contributed by atoms with Crippen molar-refractivity contribution in [3.8, 4) is 5.75 Å². The van der Waals surface area contributed by atoms with Crippen molar-refractivity contribution in [3.63, 3.8) is 0 Å². The van der Waals surface area contributed by atoms with Crippen LogP contribution >= 0.6 is 0 Å². The second kappa shape index (κ2) is 9.99. The molecule has 0 aliphatic rings. The van der Waals surface area contributed by atoms with E-state index in [-0.39, 0.29) is 34.9 Å². The Balaban J connectivity index is 1.89. The third kappa shape index (κ3) is 6.07. The number of carbonyl (C=O) groups is 1. The highest BCUT2D eigenvalue weighted by Gasteiger charge is 2.23. The molecule has 2 aromatic carbocycles. The summed E-state index contributed by atoms with van der Waals surface area (Å²) >= 11 is 0. The van der Waals surface area contributed by atoms with Gasteiger partial charge in [-0.05, 0) is 73.4 Å². The molecule has 174 valence electrons. The van der Waals surface area contributed by atoms with Gasteiger partial charge in [0.25, 0.3) is 10.0 Å². The molecule has 0 aliphatic heterocycles. The van der Waals surface area contributed by atoms with Gasteiger partial charge in [-0.25, -0.2) is 14.2 Å². The van der Waals surface area contributed by atoms with Gasteiger partial charge in [0.2, 0.25) is 0 Å². The molecule has 0 spiro atoms. The first-order valence-corrected chi connectivity index (χ1v) is 11.7. The van der Waals surface area contributed by atoms with E-state index in [1.54, 1.807) is 30.3 Å². The number of aromatic carboxylic acids is 1. The van der Waals surface area contributed by atoms with E-state index in [2.05, 4.69) is 9.71 Å². The molecule has 0 aliphatic carbocycles. The molecule has 0 radical (unpaired) electrons. The number of carboxylic acids is 1. The minimum absolute atomic E-state index is 0.0767. The molecule has 0 unspecified atom stereocenters. The number of nitrogens with zero attached hydrogens (tertiary/aromatic N) is 1. The summed E-state index contributed by atoms with van der Waals surface area (Å²) in [6.07, 6.45) is 0.0443. The highest BCUT2D eigenvalue weighted by molar-refractivity contribution is 7.92. The molecule has 3 aromatic rings. The lowest BCUT2D eigenvalue weighted by atomic mass is 10.1. The molecular weight excluding hydrogens is 447 g/mol. The van der Waals surface area contributed by atoms with Gasteiger partial charge >= 0.3 is 5.97 Å². The molecule has 1 heterocycles. The number of alkyl halides is 1. The number of rotatable bonds is 9. The molecular formula is C24H25FN2O5S. The third-order valence-corrected chi connectivity index (χ3v) is 6.41. The van der Waals surface area contributed by atoms with Crippen LogP contribution < -0.4 is 9.46 Å². The van der Waals surface area contributed by atoms with E-state index in [0.29, 0.717) is 5.75 Å². The van der Waals surface area contributed by atoms with Crippen molar-refractivity contribution in [1.29, 1.82) is 0 Å². The summed E-state index contributed by atoms with van der Waals surface area (Å²) in [5.74, 6) is -0.718. The van der Waals surface area contributed by atoms with Crippen molar-refractivity contribution in [2.24, 2.45) is 0 Å². The van der Waals surface area contributed by atoms with Crippen LogP contribution in [0.25, 0.3) is 0 Å². The lowest BCUT2D eigenvalue weighted by Gasteiger charge is -2.17. The summed E-state index contributed by atoms with van der Waals surface area (Å²) in [6.45, 7) is 5.18. The Labute approximate surface area is 192 Å². The number of aryl methyl sites for hydroxylation is 2. The molecule has 0 fully saturated rings. The van der Waals surface area contributed by atoms with Crippen LogP contribution in [0.1, 0.15) is 39.5 Å². The maximum Gasteiger partial charge on any atom is 0.335 e. The van der Waals surface area contributed by atoms with Gasteiger partial charge < -0.3 is 9.84 Å². The average Bonchev–Trinajstić information content (AvgIpc) is 2.75. The molecule has 7 nitrogen and oxygen atoms in total. The van der Waals surface area contributed by atoms with Gasteiger partial charge in [-0.1, -0.05) is 18.2 Å². The van der Waals surface area contributed by atoms with Crippen LogP contribution in [0.15, 0.2) is 59.8 Å². The van der Waals surface area contributed by atoms with E-state index in [1.165, 1.54) is 31.3 Å². The molecule has 1 aromatic heterocycles. The predicted octanol–water partition coefficient (Wildman–Crippen LogP) is 4.68. The number of pyridine rings is 1. The fourth-order valence-corrected chi connectivity index (χ4v) is 4.45. The number of benzene rings is 2. The Morgan fingerprint density at radius 3 is 2.45 bits per heavy atom. The molecule has 0 saturated heterocycles. The summed E-state index contributed by atoms with van der Waals surface area (Å²) in [7, 11) is -4.11. The van der Waals surface area contributed by atoms with Crippen molar-refractivity contribution >= 4 is 21.7 Å². The number of anilines is 1. The first-order valence-electron chi connectivity index (χ1n) is 10.2. The molecule has 0 amide bonds. The SMILES string of the molecule is Cc1cc(NS(=O)(=O)c2ncccc2C[C@@H](C)F)c(OCc2ccc(C(=O)O)cc2)cc1C. The van der Waals surface area contributed by atoms with Gasteiger partial charge in [0.1, 0.15) is 18.5 Å². The molecule has 9 heteroatoms. The lowest BCUT2D eigenvalue weighted by Crippen LogP contribution is -2.18. The summed E-state index contributed by atoms with van der Waals surface area (Å²) in [5.41, 5.74) is 3.14. The van der Waals surface area contributed by atoms with Crippen molar-refractivity contribution in [2.45, 2.75) is 45.0 Å². The highest BCUT2D eigenvalue weighted by atomic mass is 32.2. The maximum absolute atomic E-state index is 13.6. The van der Waals surface area contributed by atoms with E-state index in [9.17, 15) is 17.6 Å². The van der Waals surface area contributed by atoms with Crippen LogP contribution in [0.3, 0.4) is 0 Å². The number of hydrogen-bond acceptors (Lipinski definition) is 5. The Morgan fingerprint density at radius 1 is 1.15 bits per heavy atom. The largest absolute Gasteiger partial charge is 0.487 e. The van der Waals surface area contributed by atoms with Gasteiger partial charge in [-0.3, -0.25) is 4.72 Å². The third-order valence-electron chi connectivity index (χ3n) is 5.04. The maximum atomic E-state index is 13.6. The average molecular weight is 473 g/mol. The monoisotopic (exact) mass is 472 g/mol. The number of hydrogen-bond donors (Lipinski definition) is 2. The quantitative estimate of drug-likeness (QED) is 0.469. The van der Waals surface area contributed by atoms with Crippen molar-refractivity contribution in [2.75, 3.05) is 4.72 Å². The van der Waals surface area contributed by atoms with E-state index in [0.717, 1.165) is 16.7 Å². The Hall–Kier alpha value is -3.46. The van der Waals surface area contributed by atoms with Crippen LogP contribution in [0.5, 0.6) is 5.75 Å². The second-order valence-electron chi connectivity index (χ2n) is 7.78. The Morgan fingerprint density at radius 2 is 1.82 bits per heavy atom. The van der Waals surface area contributed by atoms with Crippen molar-refractivity contribution in [3.05, 3.63) is 82.5 Å². The minimum atomic E-state index is -4.11. The molecule has 1 atom stereocenters. The fourth-order valence-electron chi connectivity index (χ4n) is 3.21. The fraction of sp³-hybridized carbons (Fsp3) is 0.250. The van der Waals surface area contributed by atoms with Gasteiger partial charge in [0, 0.05) is 12.6 Å². The van der Waals surface area contributed by atoms with Crippen LogP contribution in [-0.4, -0.2) is 30.6 Å². The second-order valence-corrected chi connectivity index (χ2v) is 9.38. The van der Waals surface area contributed by atoms with E-state index in [1.807, 2.05) is 13.8 Å². The van der Waals surface area contributed by atoms with Crippen LogP contribution in [0.4, 0.5) is 10.1 Å². The molecule has 3 rings (SSSR count). The van der Waals surface area contributed by atoms with E-state index >= 15 is 0 Å². The van der Waals surface area contributed by atoms with Gasteiger partial charge in [0.05, 0.1) is 11.3 Å². The summed E-state index contributed by atoms with van der Waals surface area (Å²) in [4.78, 5) is 15.0. The van der Waals surface area contributed by atoms with E-state index in [4.69, 9.17) is 9.84 Å². The number of halogens is 1. The zero-order valence-electron chi connectivity index (χ0n) is 18.5. The number of ether oxygens (including phenoxy) is 1. The molecule has 0 bridgehead atoms. The van der Waals surface area contributed by atoms with Crippen LogP contribution in [-0.2, 0) is 23.1 Å². The van der Waals surface area contributed by atoms with Gasteiger partial charge in [-0.2, -0.15) is 8.42 Å². The smallest absolute Gasteiger partial charge is 0.335 e. The number of carboxylic acid groups (broad SMARTS) is 1. The minimum Gasteiger partial charge on any atom is -0.487 e.